The maximum Gasteiger partial charge on any atom is 0.342 e. The average molecular weight is 387 g/mol. The van der Waals surface area contributed by atoms with Crippen LogP contribution in [0.1, 0.15) is 28.1 Å². The van der Waals surface area contributed by atoms with Crippen molar-refractivity contribution < 1.29 is 33.6 Å². The van der Waals surface area contributed by atoms with Crippen molar-refractivity contribution in [2.24, 2.45) is 0 Å². The van der Waals surface area contributed by atoms with Crippen molar-refractivity contribution >= 4 is 11.9 Å². The first-order valence-corrected chi connectivity index (χ1v) is 8.46. The van der Waals surface area contributed by atoms with Crippen LogP contribution < -0.4 is 0 Å². The summed E-state index contributed by atoms with van der Waals surface area (Å²) >= 11 is 0. The number of benzene rings is 1. The Morgan fingerprint density at radius 1 is 0.964 bits per heavy atom. The third-order valence-corrected chi connectivity index (χ3v) is 4.50. The molecule has 1 aromatic carbocycles. The molecule has 1 aromatic heterocycles. The molecule has 2 aliphatic rings. The number of ether oxygens (including phenoxy) is 4. The summed E-state index contributed by atoms with van der Waals surface area (Å²) in [5, 5.41) is 9.77. The predicted molar refractivity (Wildman–Crippen MR) is 97.0 cm³/mol. The standard InChI is InChI=1S/C19H17NO7.CH4/c21-13-6-2-1-5-12(13)19(23)27-15-10-25-16-14(9-24-17(15)16)26-18(22)11-4-3-7-20-8-11;/h1-8,14-17,21H,9-10H2;1H4/t14?,15-,16?,17+;/m0./s1. The zero-order chi connectivity index (χ0) is 18.8. The normalized spacial score (nSPS) is 25.4. The number of para-hydroxylation sites is 1. The molecule has 8 nitrogen and oxygen atoms in total. The lowest BCUT2D eigenvalue weighted by Crippen LogP contribution is -2.36. The van der Waals surface area contributed by atoms with Crippen molar-refractivity contribution in [2.75, 3.05) is 13.2 Å². The Labute approximate surface area is 162 Å². The van der Waals surface area contributed by atoms with E-state index in [1.807, 2.05) is 0 Å². The second-order valence-corrected chi connectivity index (χ2v) is 6.24. The Hall–Kier alpha value is -2.97. The molecule has 0 aliphatic carbocycles. The van der Waals surface area contributed by atoms with Crippen LogP contribution in [-0.2, 0) is 18.9 Å². The van der Waals surface area contributed by atoms with E-state index in [0.717, 1.165) is 0 Å². The molecule has 0 bridgehead atoms. The van der Waals surface area contributed by atoms with Gasteiger partial charge in [0.05, 0.1) is 18.8 Å². The summed E-state index contributed by atoms with van der Waals surface area (Å²) in [4.78, 5) is 28.3. The summed E-state index contributed by atoms with van der Waals surface area (Å²) in [6, 6.07) is 9.37. The number of carbonyl (C=O) groups excluding carboxylic acids is 2. The highest BCUT2D eigenvalue weighted by molar-refractivity contribution is 5.92. The number of aromatic nitrogens is 1. The van der Waals surface area contributed by atoms with Crippen molar-refractivity contribution in [2.45, 2.75) is 31.8 Å². The topological polar surface area (TPSA) is 104 Å². The predicted octanol–water partition coefficient (Wildman–Crippen LogP) is 1.97. The Kier molecular flexibility index (Phi) is 5.91. The lowest BCUT2D eigenvalue weighted by atomic mass is 10.1. The maximum absolute atomic E-state index is 12.3. The van der Waals surface area contributed by atoms with Gasteiger partial charge in [0.1, 0.15) is 23.5 Å². The Bertz CT molecular complexity index is 841. The lowest BCUT2D eigenvalue weighted by molar-refractivity contribution is -0.0288. The first kappa shape index (κ1) is 19.8. The molecule has 4 rings (SSSR count). The van der Waals surface area contributed by atoms with E-state index in [2.05, 4.69) is 4.98 Å². The Morgan fingerprint density at radius 3 is 2.21 bits per heavy atom. The summed E-state index contributed by atoms with van der Waals surface area (Å²) in [5.74, 6) is -1.34. The van der Waals surface area contributed by atoms with Gasteiger partial charge in [-0.2, -0.15) is 0 Å². The number of fused-ring (bicyclic) bond motifs is 1. The van der Waals surface area contributed by atoms with Gasteiger partial charge in [-0.3, -0.25) is 4.98 Å². The SMILES string of the molecule is C.O=C(OC1CO[C@H]2C1OC[C@@H]2OC(=O)c1ccccc1O)c1cccnc1. The van der Waals surface area contributed by atoms with E-state index in [0.29, 0.717) is 5.56 Å². The summed E-state index contributed by atoms with van der Waals surface area (Å²) in [7, 11) is 0. The molecule has 8 heteroatoms. The van der Waals surface area contributed by atoms with Crippen LogP contribution in [0.25, 0.3) is 0 Å². The molecule has 4 atom stereocenters. The van der Waals surface area contributed by atoms with Gasteiger partial charge in [0.2, 0.25) is 0 Å². The molecule has 0 saturated carbocycles. The van der Waals surface area contributed by atoms with Crippen molar-refractivity contribution in [3.8, 4) is 5.75 Å². The number of aromatic hydroxyl groups is 1. The third kappa shape index (κ3) is 3.83. The molecule has 2 aliphatic heterocycles. The number of carbonyl (C=O) groups is 2. The Morgan fingerprint density at radius 2 is 1.61 bits per heavy atom. The highest BCUT2D eigenvalue weighted by atomic mass is 16.7. The molecular formula is C20H21NO7. The zero-order valence-electron chi connectivity index (χ0n) is 14.2. The van der Waals surface area contributed by atoms with E-state index in [9.17, 15) is 14.7 Å². The molecule has 2 saturated heterocycles. The van der Waals surface area contributed by atoms with Gasteiger partial charge in [-0.15, -0.1) is 0 Å². The second kappa shape index (κ2) is 8.37. The number of pyridine rings is 1. The molecule has 148 valence electrons. The van der Waals surface area contributed by atoms with Crippen LogP contribution >= 0.6 is 0 Å². The van der Waals surface area contributed by atoms with Gasteiger partial charge in [-0.25, -0.2) is 9.59 Å². The highest BCUT2D eigenvalue weighted by Crippen LogP contribution is 2.32. The van der Waals surface area contributed by atoms with Crippen molar-refractivity contribution in [1.29, 1.82) is 0 Å². The van der Waals surface area contributed by atoms with Gasteiger partial charge in [-0.05, 0) is 24.3 Å². The minimum atomic E-state index is -0.665. The lowest BCUT2D eigenvalue weighted by Gasteiger charge is -2.17. The van der Waals surface area contributed by atoms with E-state index in [1.54, 1.807) is 30.5 Å². The number of esters is 2. The fourth-order valence-corrected chi connectivity index (χ4v) is 3.17. The van der Waals surface area contributed by atoms with Crippen LogP contribution in [0.15, 0.2) is 48.8 Å². The quantitative estimate of drug-likeness (QED) is 0.794. The van der Waals surface area contributed by atoms with Crippen LogP contribution in [0.3, 0.4) is 0 Å². The zero-order valence-corrected chi connectivity index (χ0v) is 14.2. The molecule has 2 unspecified atom stereocenters. The first-order chi connectivity index (χ1) is 13.1. The highest BCUT2D eigenvalue weighted by Gasteiger charge is 2.51. The summed E-state index contributed by atoms with van der Waals surface area (Å²) in [6.45, 7) is 0.265. The maximum atomic E-state index is 12.3. The number of hydrogen-bond donors (Lipinski definition) is 1. The minimum absolute atomic E-state index is 0. The van der Waals surface area contributed by atoms with Crippen molar-refractivity contribution in [3.05, 3.63) is 59.9 Å². The van der Waals surface area contributed by atoms with E-state index >= 15 is 0 Å². The van der Waals surface area contributed by atoms with Crippen LogP contribution in [0, 0.1) is 0 Å². The monoisotopic (exact) mass is 387 g/mol. The van der Waals surface area contributed by atoms with E-state index in [4.69, 9.17) is 18.9 Å². The number of phenols is 1. The fraction of sp³-hybridized carbons (Fsp3) is 0.350. The molecular weight excluding hydrogens is 366 g/mol. The summed E-state index contributed by atoms with van der Waals surface area (Å²) < 4.78 is 22.2. The van der Waals surface area contributed by atoms with Crippen LogP contribution in [0.5, 0.6) is 5.75 Å². The first-order valence-electron chi connectivity index (χ1n) is 8.46. The van der Waals surface area contributed by atoms with Crippen LogP contribution in [-0.4, -0.2) is 59.7 Å². The number of rotatable bonds is 4. The molecule has 28 heavy (non-hydrogen) atoms. The largest absolute Gasteiger partial charge is 0.507 e. The van der Waals surface area contributed by atoms with Crippen LogP contribution in [0.2, 0.25) is 0 Å². The molecule has 3 heterocycles. The molecule has 0 amide bonds. The average Bonchev–Trinajstić information content (AvgIpc) is 3.26. The van der Waals surface area contributed by atoms with Gasteiger partial charge >= 0.3 is 11.9 Å². The van der Waals surface area contributed by atoms with E-state index in [-0.39, 0.29) is 32.0 Å². The van der Waals surface area contributed by atoms with E-state index < -0.39 is 36.4 Å². The number of phenolic OH excluding ortho intramolecular Hbond substituents is 1. The number of nitrogens with zero attached hydrogens (tertiary/aromatic N) is 1. The molecule has 0 radical (unpaired) electrons. The summed E-state index contributed by atoms with van der Waals surface area (Å²) in [6.07, 6.45) is 0.678. The second-order valence-electron chi connectivity index (χ2n) is 6.24. The summed E-state index contributed by atoms with van der Waals surface area (Å²) in [5.41, 5.74) is 0.403. The Balaban J connectivity index is 0.00000225. The van der Waals surface area contributed by atoms with Crippen molar-refractivity contribution in [3.63, 3.8) is 0 Å². The number of hydrogen-bond acceptors (Lipinski definition) is 8. The third-order valence-electron chi connectivity index (χ3n) is 4.50. The molecule has 0 spiro atoms. The van der Waals surface area contributed by atoms with Gasteiger partial charge in [0, 0.05) is 12.4 Å². The van der Waals surface area contributed by atoms with Gasteiger partial charge in [0.15, 0.2) is 12.2 Å². The van der Waals surface area contributed by atoms with Crippen LogP contribution in [0.4, 0.5) is 0 Å². The van der Waals surface area contributed by atoms with Gasteiger partial charge in [0.25, 0.3) is 0 Å². The van der Waals surface area contributed by atoms with Gasteiger partial charge in [-0.1, -0.05) is 19.6 Å². The van der Waals surface area contributed by atoms with E-state index in [1.165, 1.54) is 18.3 Å². The fourth-order valence-electron chi connectivity index (χ4n) is 3.17. The molecule has 2 aromatic rings. The smallest absolute Gasteiger partial charge is 0.342 e. The molecule has 1 N–H and O–H groups in total. The molecule has 2 fully saturated rings. The van der Waals surface area contributed by atoms with Crippen molar-refractivity contribution in [1.82, 2.24) is 4.98 Å². The van der Waals surface area contributed by atoms with Gasteiger partial charge < -0.3 is 24.1 Å². The minimum Gasteiger partial charge on any atom is -0.507 e.